The number of carbonyl (C=O) groups is 1. The molecule has 0 saturated carbocycles. The standard InChI is InChI=1S/C23H15ClN2O2/c1-28-18-8-6-16(19(12-18)15-4-2-14(13-25)3-5-15)10-21-20-11-17(24)7-9-22(20)26-23(21)27/h2-12H,1H3,(H,26,27)/b21-10+. The predicted octanol–water partition coefficient (Wildman–Crippen LogP) is 5.38. The molecule has 0 unspecified atom stereocenters. The Morgan fingerprint density at radius 2 is 1.82 bits per heavy atom. The van der Waals surface area contributed by atoms with Crippen molar-refractivity contribution >= 4 is 34.8 Å². The molecule has 1 amide bonds. The second kappa shape index (κ2) is 7.22. The third kappa shape index (κ3) is 3.24. The van der Waals surface area contributed by atoms with E-state index in [1.807, 2.05) is 36.4 Å². The summed E-state index contributed by atoms with van der Waals surface area (Å²) in [7, 11) is 1.61. The number of anilines is 1. The van der Waals surface area contributed by atoms with Gasteiger partial charge >= 0.3 is 0 Å². The number of benzene rings is 3. The maximum absolute atomic E-state index is 12.5. The molecule has 4 rings (SSSR count). The minimum atomic E-state index is -0.168. The SMILES string of the molecule is COc1ccc(/C=C2/C(=O)Nc3ccc(Cl)cc32)c(-c2ccc(C#N)cc2)c1. The van der Waals surface area contributed by atoms with Crippen LogP contribution < -0.4 is 10.1 Å². The van der Waals surface area contributed by atoms with Crippen LogP contribution in [0.3, 0.4) is 0 Å². The maximum Gasteiger partial charge on any atom is 0.256 e. The van der Waals surface area contributed by atoms with Gasteiger partial charge in [-0.1, -0.05) is 29.8 Å². The molecule has 0 spiro atoms. The average molecular weight is 387 g/mol. The van der Waals surface area contributed by atoms with Crippen LogP contribution in [0, 0.1) is 11.3 Å². The molecule has 1 aliphatic heterocycles. The summed E-state index contributed by atoms with van der Waals surface area (Å²) in [5.74, 6) is 0.541. The zero-order valence-electron chi connectivity index (χ0n) is 15.0. The normalized spacial score (nSPS) is 13.8. The lowest BCUT2D eigenvalue weighted by atomic mass is 9.95. The van der Waals surface area contributed by atoms with Gasteiger partial charge in [-0.05, 0) is 65.2 Å². The molecule has 0 radical (unpaired) electrons. The van der Waals surface area contributed by atoms with Crippen molar-refractivity contribution in [1.29, 1.82) is 5.26 Å². The van der Waals surface area contributed by atoms with Crippen LogP contribution in [0.2, 0.25) is 5.02 Å². The smallest absolute Gasteiger partial charge is 0.256 e. The first kappa shape index (κ1) is 17.8. The van der Waals surface area contributed by atoms with E-state index in [9.17, 15) is 4.79 Å². The number of halogens is 1. The second-order valence-electron chi connectivity index (χ2n) is 6.34. The third-order valence-corrected chi connectivity index (χ3v) is 4.89. The molecule has 3 aromatic rings. The molecule has 0 bridgehead atoms. The van der Waals surface area contributed by atoms with Gasteiger partial charge in [0.15, 0.2) is 0 Å². The number of nitrogens with zero attached hydrogens (tertiary/aromatic N) is 1. The number of ether oxygens (including phenoxy) is 1. The number of nitriles is 1. The van der Waals surface area contributed by atoms with E-state index in [1.54, 1.807) is 37.4 Å². The second-order valence-corrected chi connectivity index (χ2v) is 6.78. The van der Waals surface area contributed by atoms with Gasteiger partial charge in [0.05, 0.1) is 18.7 Å². The molecular weight excluding hydrogens is 372 g/mol. The van der Waals surface area contributed by atoms with Crippen molar-refractivity contribution in [3.05, 3.63) is 82.4 Å². The van der Waals surface area contributed by atoms with E-state index in [2.05, 4.69) is 11.4 Å². The third-order valence-electron chi connectivity index (χ3n) is 4.65. The van der Waals surface area contributed by atoms with Crippen LogP contribution in [0.4, 0.5) is 5.69 Å². The van der Waals surface area contributed by atoms with Crippen LogP contribution in [-0.2, 0) is 4.79 Å². The molecule has 136 valence electrons. The summed E-state index contributed by atoms with van der Waals surface area (Å²) in [4.78, 5) is 12.5. The van der Waals surface area contributed by atoms with Gasteiger partial charge < -0.3 is 10.1 Å². The molecule has 0 saturated heterocycles. The number of hydrogen-bond donors (Lipinski definition) is 1. The highest BCUT2D eigenvalue weighted by molar-refractivity contribution is 6.37. The number of rotatable bonds is 3. The minimum absolute atomic E-state index is 0.168. The van der Waals surface area contributed by atoms with Gasteiger partial charge in [0.1, 0.15) is 5.75 Å². The van der Waals surface area contributed by atoms with E-state index < -0.39 is 0 Å². The van der Waals surface area contributed by atoms with Gasteiger partial charge in [0, 0.05) is 21.8 Å². The predicted molar refractivity (Wildman–Crippen MR) is 111 cm³/mol. The van der Waals surface area contributed by atoms with Gasteiger partial charge in [0.25, 0.3) is 5.91 Å². The molecule has 3 aromatic carbocycles. The molecule has 1 aliphatic rings. The lowest BCUT2D eigenvalue weighted by Crippen LogP contribution is -2.03. The topological polar surface area (TPSA) is 62.1 Å². The lowest BCUT2D eigenvalue weighted by Gasteiger charge is -2.10. The van der Waals surface area contributed by atoms with Gasteiger partial charge in [-0.25, -0.2) is 0 Å². The summed E-state index contributed by atoms with van der Waals surface area (Å²) >= 11 is 6.13. The highest BCUT2D eigenvalue weighted by atomic mass is 35.5. The largest absolute Gasteiger partial charge is 0.497 e. The molecule has 28 heavy (non-hydrogen) atoms. The first-order chi connectivity index (χ1) is 13.6. The summed E-state index contributed by atoms with van der Waals surface area (Å²) in [6.45, 7) is 0. The van der Waals surface area contributed by atoms with E-state index in [0.29, 0.717) is 21.9 Å². The molecule has 0 fully saturated rings. The Morgan fingerprint density at radius 3 is 2.54 bits per heavy atom. The number of methoxy groups -OCH3 is 1. The van der Waals surface area contributed by atoms with Crippen molar-refractivity contribution < 1.29 is 9.53 Å². The Balaban J connectivity index is 1.87. The molecule has 0 atom stereocenters. The molecule has 4 nitrogen and oxygen atoms in total. The molecular formula is C23H15ClN2O2. The Morgan fingerprint density at radius 1 is 1.04 bits per heavy atom. The Labute approximate surface area is 167 Å². The van der Waals surface area contributed by atoms with E-state index in [0.717, 1.165) is 27.9 Å². The number of hydrogen-bond acceptors (Lipinski definition) is 3. The molecule has 0 aromatic heterocycles. The van der Waals surface area contributed by atoms with Crippen LogP contribution in [0.5, 0.6) is 5.75 Å². The highest BCUT2D eigenvalue weighted by Crippen LogP contribution is 2.37. The van der Waals surface area contributed by atoms with Gasteiger partial charge in [-0.3, -0.25) is 4.79 Å². The average Bonchev–Trinajstić information content (AvgIpc) is 3.03. The van der Waals surface area contributed by atoms with Crippen LogP contribution in [0.25, 0.3) is 22.8 Å². The van der Waals surface area contributed by atoms with Crippen molar-refractivity contribution in [2.45, 2.75) is 0 Å². The Kier molecular flexibility index (Phi) is 4.60. The Bertz CT molecular complexity index is 1160. The fourth-order valence-electron chi connectivity index (χ4n) is 3.22. The summed E-state index contributed by atoms with van der Waals surface area (Å²) in [6, 6.07) is 20.4. The fourth-order valence-corrected chi connectivity index (χ4v) is 3.39. The van der Waals surface area contributed by atoms with E-state index >= 15 is 0 Å². The van der Waals surface area contributed by atoms with Crippen LogP contribution in [0.1, 0.15) is 16.7 Å². The van der Waals surface area contributed by atoms with E-state index in [1.165, 1.54) is 0 Å². The van der Waals surface area contributed by atoms with Gasteiger partial charge in [-0.2, -0.15) is 5.26 Å². The zero-order chi connectivity index (χ0) is 19.7. The van der Waals surface area contributed by atoms with Crippen LogP contribution >= 0.6 is 11.6 Å². The first-order valence-corrected chi connectivity index (χ1v) is 8.98. The fraction of sp³-hybridized carbons (Fsp3) is 0.0435. The molecule has 1 heterocycles. The highest BCUT2D eigenvalue weighted by Gasteiger charge is 2.24. The summed E-state index contributed by atoms with van der Waals surface area (Å²) in [6.07, 6.45) is 1.85. The quantitative estimate of drug-likeness (QED) is 0.614. The van der Waals surface area contributed by atoms with Crippen molar-refractivity contribution in [2.75, 3.05) is 12.4 Å². The summed E-state index contributed by atoms with van der Waals surface area (Å²) in [5, 5.41) is 12.5. The maximum atomic E-state index is 12.5. The molecule has 0 aliphatic carbocycles. The number of nitrogens with one attached hydrogen (secondary N) is 1. The first-order valence-electron chi connectivity index (χ1n) is 8.60. The Hall–Kier alpha value is -3.55. The number of amides is 1. The van der Waals surface area contributed by atoms with Gasteiger partial charge in [-0.15, -0.1) is 0 Å². The minimum Gasteiger partial charge on any atom is -0.497 e. The van der Waals surface area contributed by atoms with Crippen molar-refractivity contribution in [2.24, 2.45) is 0 Å². The monoisotopic (exact) mass is 386 g/mol. The zero-order valence-corrected chi connectivity index (χ0v) is 15.7. The van der Waals surface area contributed by atoms with Gasteiger partial charge in [0.2, 0.25) is 0 Å². The van der Waals surface area contributed by atoms with E-state index in [4.69, 9.17) is 21.6 Å². The summed E-state index contributed by atoms with van der Waals surface area (Å²) < 4.78 is 5.37. The molecule has 5 heteroatoms. The van der Waals surface area contributed by atoms with E-state index in [-0.39, 0.29) is 5.91 Å². The number of carbonyl (C=O) groups excluding carboxylic acids is 1. The van der Waals surface area contributed by atoms with Crippen LogP contribution in [0.15, 0.2) is 60.7 Å². The van der Waals surface area contributed by atoms with Crippen molar-refractivity contribution in [1.82, 2.24) is 0 Å². The lowest BCUT2D eigenvalue weighted by molar-refractivity contribution is -0.110. The van der Waals surface area contributed by atoms with Crippen LogP contribution in [-0.4, -0.2) is 13.0 Å². The van der Waals surface area contributed by atoms with Crippen molar-refractivity contribution in [3.8, 4) is 22.9 Å². The van der Waals surface area contributed by atoms with Crippen molar-refractivity contribution in [3.63, 3.8) is 0 Å². The summed E-state index contributed by atoms with van der Waals surface area (Å²) in [5.41, 5.74) is 5.36. The number of fused-ring (bicyclic) bond motifs is 1. The molecule has 1 N–H and O–H groups in total.